The number of hydrogen-bond donors (Lipinski definition) is 1. The molecule has 1 atom stereocenters. The van der Waals surface area contributed by atoms with Gasteiger partial charge in [-0.3, -0.25) is 0 Å². The number of allylic oxidation sites excluding steroid dienone is 1. The molecular weight excluding hydrogens is 150 g/mol. The van der Waals surface area contributed by atoms with E-state index in [-0.39, 0.29) is 0 Å². The van der Waals surface area contributed by atoms with Crippen molar-refractivity contribution >= 4 is 6.34 Å². The minimum Gasteiger partial charge on any atom is -0.369 e. The molecule has 1 unspecified atom stereocenters. The first-order valence-corrected chi connectivity index (χ1v) is 4.23. The third-order valence-electron chi connectivity index (χ3n) is 2.15. The van der Waals surface area contributed by atoms with Crippen molar-refractivity contribution in [2.75, 3.05) is 0 Å². The van der Waals surface area contributed by atoms with Crippen LogP contribution in [0.2, 0.25) is 0 Å². The van der Waals surface area contributed by atoms with Crippen LogP contribution in [-0.4, -0.2) is 17.4 Å². The van der Waals surface area contributed by atoms with E-state index in [1.807, 2.05) is 24.8 Å². The molecule has 0 aliphatic carbocycles. The van der Waals surface area contributed by atoms with Gasteiger partial charge >= 0.3 is 0 Å². The molecule has 0 aromatic heterocycles. The topological polar surface area (TPSA) is 27.6 Å². The summed E-state index contributed by atoms with van der Waals surface area (Å²) in [5.74, 6) is 0.580. The van der Waals surface area contributed by atoms with Gasteiger partial charge in [-0.05, 0) is 12.0 Å². The summed E-state index contributed by atoms with van der Waals surface area (Å²) >= 11 is 0. The molecule has 2 aliphatic heterocycles. The van der Waals surface area contributed by atoms with Crippen LogP contribution < -0.4 is 5.32 Å². The van der Waals surface area contributed by atoms with Gasteiger partial charge in [0.1, 0.15) is 6.17 Å². The van der Waals surface area contributed by atoms with Crippen LogP contribution >= 0.6 is 0 Å². The highest BCUT2D eigenvalue weighted by atomic mass is 15.3. The summed E-state index contributed by atoms with van der Waals surface area (Å²) in [6.07, 6.45) is 8.10. The Morgan fingerprint density at radius 2 is 2.42 bits per heavy atom. The highest BCUT2D eigenvalue weighted by Gasteiger charge is 2.26. The normalized spacial score (nSPS) is 25.8. The zero-order valence-electron chi connectivity index (χ0n) is 7.36. The Hall–Kier alpha value is -1.25. The number of nitrogens with one attached hydrogen (secondary N) is 1. The molecule has 0 saturated heterocycles. The Labute approximate surface area is 72.5 Å². The molecule has 12 heavy (non-hydrogen) atoms. The van der Waals surface area contributed by atoms with Gasteiger partial charge in [0.15, 0.2) is 0 Å². The Morgan fingerprint density at radius 3 is 3.17 bits per heavy atom. The van der Waals surface area contributed by atoms with Crippen molar-refractivity contribution in [3.63, 3.8) is 0 Å². The van der Waals surface area contributed by atoms with Crippen molar-refractivity contribution < 1.29 is 0 Å². The SMILES string of the molecule is CC(C)C1NC=C2C=CN=CN21. The number of hydrogen-bond acceptors (Lipinski definition) is 3. The van der Waals surface area contributed by atoms with E-state index in [4.69, 9.17) is 0 Å². The average Bonchev–Trinajstić information content (AvgIpc) is 2.47. The fourth-order valence-electron chi connectivity index (χ4n) is 1.50. The van der Waals surface area contributed by atoms with Crippen LogP contribution in [0, 0.1) is 5.92 Å². The molecule has 3 nitrogen and oxygen atoms in total. The quantitative estimate of drug-likeness (QED) is 0.630. The van der Waals surface area contributed by atoms with E-state index in [1.165, 1.54) is 5.70 Å². The van der Waals surface area contributed by atoms with E-state index >= 15 is 0 Å². The Morgan fingerprint density at radius 1 is 1.58 bits per heavy atom. The van der Waals surface area contributed by atoms with Gasteiger partial charge in [-0.15, -0.1) is 0 Å². The fourth-order valence-corrected chi connectivity index (χ4v) is 1.50. The molecule has 0 spiro atoms. The zero-order valence-corrected chi connectivity index (χ0v) is 7.36. The van der Waals surface area contributed by atoms with Crippen LogP contribution in [0.25, 0.3) is 0 Å². The third kappa shape index (κ3) is 1.02. The summed E-state index contributed by atoms with van der Waals surface area (Å²) < 4.78 is 0. The molecule has 0 aromatic rings. The zero-order chi connectivity index (χ0) is 8.55. The van der Waals surface area contributed by atoms with Gasteiger partial charge in [0.25, 0.3) is 0 Å². The molecule has 0 aromatic carbocycles. The first kappa shape index (κ1) is 7.40. The Bertz CT molecular complexity index is 263. The maximum Gasteiger partial charge on any atom is 0.107 e. The van der Waals surface area contributed by atoms with Crippen molar-refractivity contribution in [2.24, 2.45) is 10.9 Å². The Kier molecular flexibility index (Phi) is 1.64. The molecular formula is C9H13N3. The van der Waals surface area contributed by atoms with Crippen LogP contribution in [0.15, 0.2) is 29.2 Å². The summed E-state index contributed by atoms with van der Waals surface area (Å²) in [4.78, 5) is 6.25. The molecule has 0 radical (unpaired) electrons. The van der Waals surface area contributed by atoms with Crippen molar-refractivity contribution in [1.29, 1.82) is 0 Å². The van der Waals surface area contributed by atoms with E-state index in [1.54, 1.807) is 0 Å². The van der Waals surface area contributed by atoms with Gasteiger partial charge < -0.3 is 10.2 Å². The lowest BCUT2D eigenvalue weighted by Crippen LogP contribution is -2.40. The summed E-state index contributed by atoms with van der Waals surface area (Å²) in [7, 11) is 0. The maximum atomic E-state index is 4.09. The van der Waals surface area contributed by atoms with Gasteiger partial charge in [0.2, 0.25) is 0 Å². The summed E-state index contributed by atoms with van der Waals surface area (Å²) in [5.41, 5.74) is 1.20. The molecule has 1 N–H and O–H groups in total. The predicted molar refractivity (Wildman–Crippen MR) is 49.3 cm³/mol. The second kappa shape index (κ2) is 2.66. The molecule has 0 amide bonds. The number of rotatable bonds is 1. The molecule has 64 valence electrons. The third-order valence-corrected chi connectivity index (χ3v) is 2.15. The van der Waals surface area contributed by atoms with Crippen molar-refractivity contribution in [2.45, 2.75) is 20.0 Å². The van der Waals surface area contributed by atoms with E-state index < -0.39 is 0 Å². The molecule has 2 rings (SSSR count). The summed E-state index contributed by atoms with van der Waals surface area (Å²) in [6.45, 7) is 4.39. The lowest BCUT2D eigenvalue weighted by molar-refractivity contribution is 0.304. The second-order valence-electron chi connectivity index (χ2n) is 3.41. The highest BCUT2D eigenvalue weighted by molar-refractivity contribution is 5.63. The number of fused-ring (bicyclic) bond motifs is 1. The first-order valence-electron chi connectivity index (χ1n) is 4.23. The molecule has 2 aliphatic rings. The van der Waals surface area contributed by atoms with Gasteiger partial charge in [0, 0.05) is 12.4 Å². The van der Waals surface area contributed by atoms with Crippen LogP contribution in [0.3, 0.4) is 0 Å². The smallest absolute Gasteiger partial charge is 0.107 e. The van der Waals surface area contributed by atoms with Gasteiger partial charge in [0.05, 0.1) is 12.0 Å². The largest absolute Gasteiger partial charge is 0.369 e. The van der Waals surface area contributed by atoms with Gasteiger partial charge in [-0.2, -0.15) is 0 Å². The molecule has 0 fully saturated rings. The highest BCUT2D eigenvalue weighted by Crippen LogP contribution is 2.20. The van der Waals surface area contributed by atoms with E-state index in [0.29, 0.717) is 12.1 Å². The molecule has 2 heterocycles. The molecule has 3 heteroatoms. The van der Waals surface area contributed by atoms with E-state index in [9.17, 15) is 0 Å². The maximum absolute atomic E-state index is 4.09. The van der Waals surface area contributed by atoms with Crippen LogP contribution in [0.1, 0.15) is 13.8 Å². The van der Waals surface area contributed by atoms with Crippen molar-refractivity contribution in [1.82, 2.24) is 10.2 Å². The standard InChI is InChI=1S/C9H13N3/c1-7(2)9-11-5-8-3-4-10-6-12(8)9/h3-7,9,11H,1-2H3. The summed E-state index contributed by atoms with van der Waals surface area (Å²) in [5, 5.41) is 3.32. The minimum absolute atomic E-state index is 0.369. The van der Waals surface area contributed by atoms with Gasteiger partial charge in [-0.1, -0.05) is 13.8 Å². The van der Waals surface area contributed by atoms with Crippen LogP contribution in [-0.2, 0) is 0 Å². The van der Waals surface area contributed by atoms with E-state index in [2.05, 4.69) is 29.1 Å². The second-order valence-corrected chi connectivity index (χ2v) is 3.41. The minimum atomic E-state index is 0.369. The van der Waals surface area contributed by atoms with Crippen molar-refractivity contribution in [3.05, 3.63) is 24.2 Å². The lowest BCUT2D eigenvalue weighted by Gasteiger charge is -2.27. The first-order chi connectivity index (χ1) is 5.79. The summed E-state index contributed by atoms with van der Waals surface area (Å²) in [6, 6.07) is 0. The van der Waals surface area contributed by atoms with E-state index in [0.717, 1.165) is 0 Å². The predicted octanol–water partition coefficient (Wildman–Crippen LogP) is 1.27. The van der Waals surface area contributed by atoms with Crippen molar-refractivity contribution in [3.8, 4) is 0 Å². The van der Waals surface area contributed by atoms with Crippen LogP contribution in [0.4, 0.5) is 0 Å². The average molecular weight is 163 g/mol. The number of nitrogens with zero attached hydrogens (tertiary/aromatic N) is 2. The number of aliphatic imine (C=N–C) groups is 1. The fraction of sp³-hybridized carbons (Fsp3) is 0.444. The van der Waals surface area contributed by atoms with Gasteiger partial charge in [-0.25, -0.2) is 4.99 Å². The molecule has 0 saturated carbocycles. The Balaban J connectivity index is 2.19. The monoisotopic (exact) mass is 163 g/mol. The van der Waals surface area contributed by atoms with Crippen LogP contribution in [0.5, 0.6) is 0 Å². The molecule has 0 bridgehead atoms. The lowest BCUT2D eigenvalue weighted by atomic mass is 10.1.